The number of hydrogen-bond donors (Lipinski definition) is 1. The maximum atomic E-state index is 12.3. The van der Waals surface area contributed by atoms with Crippen LogP contribution in [0, 0.1) is 0 Å². The average Bonchev–Trinajstić information content (AvgIpc) is 2.75. The van der Waals surface area contributed by atoms with E-state index < -0.39 is 11.0 Å². The second-order valence-electron chi connectivity index (χ2n) is 6.94. The SMILES string of the molecule is C=CCOCC(C)(c1ccccc1)C(O)(c1ccccc1)c1ccccc1. The minimum Gasteiger partial charge on any atom is -0.379 e. The van der Waals surface area contributed by atoms with Gasteiger partial charge in [0.15, 0.2) is 0 Å². The van der Waals surface area contributed by atoms with E-state index in [4.69, 9.17) is 4.74 Å². The number of benzene rings is 3. The quantitative estimate of drug-likeness (QED) is 0.449. The van der Waals surface area contributed by atoms with Gasteiger partial charge >= 0.3 is 0 Å². The second-order valence-corrected chi connectivity index (χ2v) is 6.94. The summed E-state index contributed by atoms with van der Waals surface area (Å²) in [6.07, 6.45) is 1.73. The molecule has 2 heteroatoms. The minimum absolute atomic E-state index is 0.351. The van der Waals surface area contributed by atoms with Gasteiger partial charge in [0.25, 0.3) is 0 Å². The molecule has 0 heterocycles. The number of hydrogen-bond acceptors (Lipinski definition) is 2. The van der Waals surface area contributed by atoms with Crippen molar-refractivity contribution >= 4 is 0 Å². The molecule has 0 aliphatic rings. The lowest BCUT2D eigenvalue weighted by molar-refractivity contribution is -0.0427. The Morgan fingerprint density at radius 2 is 1.19 bits per heavy atom. The molecule has 0 radical (unpaired) electrons. The summed E-state index contributed by atoms with van der Waals surface area (Å²) in [5.74, 6) is 0. The molecule has 0 aromatic heterocycles. The second kappa shape index (κ2) is 8.34. The summed E-state index contributed by atoms with van der Waals surface area (Å²) in [7, 11) is 0. The molecule has 0 aliphatic carbocycles. The highest BCUT2D eigenvalue weighted by Gasteiger charge is 2.50. The van der Waals surface area contributed by atoms with E-state index in [1.165, 1.54) is 0 Å². The Labute approximate surface area is 161 Å². The van der Waals surface area contributed by atoms with Crippen molar-refractivity contribution in [2.24, 2.45) is 0 Å². The van der Waals surface area contributed by atoms with Gasteiger partial charge in [-0.25, -0.2) is 0 Å². The Bertz CT molecular complexity index is 804. The van der Waals surface area contributed by atoms with Gasteiger partial charge in [0.2, 0.25) is 0 Å². The molecule has 0 bridgehead atoms. The van der Waals surface area contributed by atoms with Gasteiger partial charge in [-0.15, -0.1) is 6.58 Å². The maximum Gasteiger partial charge on any atom is 0.126 e. The fourth-order valence-electron chi connectivity index (χ4n) is 3.71. The number of rotatable bonds is 8. The third-order valence-corrected chi connectivity index (χ3v) is 5.22. The van der Waals surface area contributed by atoms with Crippen molar-refractivity contribution < 1.29 is 9.84 Å². The summed E-state index contributed by atoms with van der Waals surface area (Å²) in [4.78, 5) is 0. The van der Waals surface area contributed by atoms with Crippen molar-refractivity contribution in [2.45, 2.75) is 17.9 Å². The molecule has 27 heavy (non-hydrogen) atoms. The van der Waals surface area contributed by atoms with Crippen LogP contribution < -0.4 is 0 Å². The Hall–Kier alpha value is -2.68. The molecule has 3 rings (SSSR count). The van der Waals surface area contributed by atoms with Gasteiger partial charge in [-0.1, -0.05) is 97.1 Å². The van der Waals surface area contributed by atoms with Crippen molar-refractivity contribution in [3.63, 3.8) is 0 Å². The summed E-state index contributed by atoms with van der Waals surface area (Å²) >= 11 is 0. The zero-order chi connectivity index (χ0) is 19.2. The zero-order valence-corrected chi connectivity index (χ0v) is 15.7. The first-order valence-corrected chi connectivity index (χ1v) is 9.20. The van der Waals surface area contributed by atoms with E-state index in [2.05, 4.69) is 13.5 Å². The highest BCUT2D eigenvalue weighted by atomic mass is 16.5. The largest absolute Gasteiger partial charge is 0.379 e. The maximum absolute atomic E-state index is 12.3. The summed E-state index contributed by atoms with van der Waals surface area (Å²) < 4.78 is 5.91. The molecule has 2 nitrogen and oxygen atoms in total. The van der Waals surface area contributed by atoms with Gasteiger partial charge in [-0.05, 0) is 23.6 Å². The summed E-state index contributed by atoms with van der Waals surface area (Å²) in [5.41, 5.74) is 0.719. The molecular formula is C25H26O2. The molecule has 1 N–H and O–H groups in total. The molecular weight excluding hydrogens is 332 g/mol. The third kappa shape index (κ3) is 3.59. The minimum atomic E-state index is -1.27. The standard InChI is InChI=1S/C25H26O2/c1-3-19-27-20-24(2,21-13-7-4-8-14-21)25(26,22-15-9-5-10-16-22)23-17-11-6-12-18-23/h3-18,26H,1,19-20H2,2H3. The highest BCUT2D eigenvalue weighted by Crippen LogP contribution is 2.47. The summed E-state index contributed by atoms with van der Waals surface area (Å²) in [6, 6.07) is 29.7. The van der Waals surface area contributed by atoms with Gasteiger partial charge in [0, 0.05) is 0 Å². The van der Waals surface area contributed by atoms with Crippen LogP contribution in [0.1, 0.15) is 23.6 Å². The fraction of sp³-hybridized carbons (Fsp3) is 0.200. The molecule has 0 aliphatic heterocycles. The normalized spacial score (nSPS) is 13.7. The predicted molar refractivity (Wildman–Crippen MR) is 111 cm³/mol. The van der Waals surface area contributed by atoms with Gasteiger partial charge in [0.1, 0.15) is 5.60 Å². The van der Waals surface area contributed by atoms with Crippen LogP contribution in [0.15, 0.2) is 104 Å². The average molecular weight is 358 g/mol. The molecule has 0 saturated heterocycles. The van der Waals surface area contributed by atoms with Crippen molar-refractivity contribution in [3.05, 3.63) is 120 Å². The molecule has 0 fully saturated rings. The molecule has 1 atom stereocenters. The highest BCUT2D eigenvalue weighted by molar-refractivity contribution is 5.45. The van der Waals surface area contributed by atoms with Crippen LogP contribution in [0.2, 0.25) is 0 Å². The first-order chi connectivity index (χ1) is 13.1. The first kappa shape index (κ1) is 19.1. The Morgan fingerprint density at radius 3 is 1.59 bits per heavy atom. The van der Waals surface area contributed by atoms with E-state index in [1.54, 1.807) is 6.08 Å². The lowest BCUT2D eigenvalue weighted by atomic mass is 9.63. The Balaban J connectivity index is 2.24. The smallest absolute Gasteiger partial charge is 0.126 e. The third-order valence-electron chi connectivity index (χ3n) is 5.22. The van der Waals surface area contributed by atoms with Crippen LogP contribution in [-0.2, 0) is 15.8 Å². The van der Waals surface area contributed by atoms with Crippen molar-refractivity contribution in [2.75, 3.05) is 13.2 Å². The van der Waals surface area contributed by atoms with Crippen LogP contribution >= 0.6 is 0 Å². The Morgan fingerprint density at radius 1 is 0.778 bits per heavy atom. The van der Waals surface area contributed by atoms with Crippen LogP contribution in [0.3, 0.4) is 0 Å². The van der Waals surface area contributed by atoms with Gasteiger partial charge < -0.3 is 9.84 Å². The lowest BCUT2D eigenvalue weighted by Gasteiger charge is -2.46. The van der Waals surface area contributed by atoms with E-state index in [-0.39, 0.29) is 0 Å². The number of ether oxygens (including phenoxy) is 1. The van der Waals surface area contributed by atoms with Crippen molar-refractivity contribution in [3.8, 4) is 0 Å². The molecule has 138 valence electrons. The van der Waals surface area contributed by atoms with Crippen molar-refractivity contribution in [1.29, 1.82) is 0 Å². The van der Waals surface area contributed by atoms with E-state index in [9.17, 15) is 5.11 Å². The Kier molecular flexibility index (Phi) is 5.90. The van der Waals surface area contributed by atoms with Crippen LogP contribution in [0.4, 0.5) is 0 Å². The van der Waals surface area contributed by atoms with Crippen LogP contribution in [0.25, 0.3) is 0 Å². The van der Waals surface area contributed by atoms with Gasteiger partial charge in [-0.3, -0.25) is 0 Å². The van der Waals surface area contributed by atoms with Gasteiger partial charge in [-0.2, -0.15) is 0 Å². The zero-order valence-electron chi connectivity index (χ0n) is 15.7. The van der Waals surface area contributed by atoms with Crippen molar-refractivity contribution in [1.82, 2.24) is 0 Å². The fourth-order valence-corrected chi connectivity index (χ4v) is 3.71. The van der Waals surface area contributed by atoms with Crippen LogP contribution in [-0.4, -0.2) is 18.3 Å². The monoisotopic (exact) mass is 358 g/mol. The number of aliphatic hydroxyl groups is 1. The predicted octanol–water partition coefficient (Wildman–Crippen LogP) is 5.08. The summed E-state index contributed by atoms with van der Waals surface area (Å²) in [5, 5.41) is 12.3. The van der Waals surface area contributed by atoms with E-state index in [0.717, 1.165) is 16.7 Å². The lowest BCUT2D eigenvalue weighted by Crippen LogP contribution is -2.51. The summed E-state index contributed by atoms with van der Waals surface area (Å²) in [6.45, 7) is 6.59. The molecule has 0 amide bonds. The van der Waals surface area contributed by atoms with E-state index in [1.807, 2.05) is 91.0 Å². The van der Waals surface area contributed by atoms with Crippen LogP contribution in [0.5, 0.6) is 0 Å². The molecule has 1 unspecified atom stereocenters. The van der Waals surface area contributed by atoms with E-state index in [0.29, 0.717) is 13.2 Å². The molecule has 3 aromatic rings. The van der Waals surface area contributed by atoms with E-state index >= 15 is 0 Å². The molecule has 3 aromatic carbocycles. The topological polar surface area (TPSA) is 29.5 Å². The molecule has 0 spiro atoms. The molecule has 0 saturated carbocycles. The van der Waals surface area contributed by atoms with Gasteiger partial charge in [0.05, 0.1) is 18.6 Å². The first-order valence-electron chi connectivity index (χ1n) is 9.20.